The van der Waals surface area contributed by atoms with Crippen molar-refractivity contribution < 1.29 is 27.2 Å². The molecule has 0 fully saturated rings. The third kappa shape index (κ3) is 6.46. The summed E-state index contributed by atoms with van der Waals surface area (Å²) in [6.45, 7) is 4.07. The first-order valence-electron chi connectivity index (χ1n) is 7.71. The lowest BCUT2D eigenvalue weighted by molar-refractivity contribution is -0.153. The standard InChI is InChI=1S/C16H22F3NO3/c1-3-4-5-6-11(2)9-12(10-21)20-15(22)13-7-8-14(23-13)16(17,18)19/h7-8,10-12H,3-6,9H2,1-2H3,(H,20,22). The molecule has 0 radical (unpaired) electrons. The quantitative estimate of drug-likeness (QED) is 0.544. The molecule has 0 bridgehead atoms. The molecule has 2 unspecified atom stereocenters. The Bertz CT molecular complexity index is 511. The zero-order valence-electron chi connectivity index (χ0n) is 13.3. The number of rotatable bonds is 9. The van der Waals surface area contributed by atoms with Crippen LogP contribution in [0.1, 0.15) is 62.3 Å². The van der Waals surface area contributed by atoms with E-state index in [1.165, 1.54) is 0 Å². The average Bonchev–Trinajstić information content (AvgIpc) is 2.96. The van der Waals surface area contributed by atoms with Crippen LogP contribution in [0.25, 0.3) is 0 Å². The Morgan fingerprint density at radius 3 is 2.57 bits per heavy atom. The molecule has 0 aliphatic heterocycles. The molecule has 0 aliphatic carbocycles. The molecule has 1 N–H and O–H groups in total. The van der Waals surface area contributed by atoms with E-state index in [-0.39, 0.29) is 5.92 Å². The highest BCUT2D eigenvalue weighted by Gasteiger charge is 2.35. The number of unbranched alkanes of at least 4 members (excludes halogenated alkanes) is 2. The number of carbonyl (C=O) groups is 2. The van der Waals surface area contributed by atoms with Crippen molar-refractivity contribution in [3.05, 3.63) is 23.7 Å². The van der Waals surface area contributed by atoms with E-state index in [1.54, 1.807) is 0 Å². The van der Waals surface area contributed by atoms with E-state index in [4.69, 9.17) is 0 Å². The minimum atomic E-state index is -4.64. The van der Waals surface area contributed by atoms with E-state index in [1.807, 2.05) is 6.92 Å². The smallest absolute Gasteiger partial charge is 0.446 e. The fourth-order valence-corrected chi connectivity index (χ4v) is 2.29. The van der Waals surface area contributed by atoms with Gasteiger partial charge >= 0.3 is 6.18 Å². The van der Waals surface area contributed by atoms with Crippen LogP contribution >= 0.6 is 0 Å². The number of hydrogen-bond donors (Lipinski definition) is 1. The Kier molecular flexibility index (Phi) is 7.32. The number of carbonyl (C=O) groups excluding carboxylic acids is 2. The molecule has 0 saturated carbocycles. The second-order valence-corrected chi connectivity index (χ2v) is 5.71. The van der Waals surface area contributed by atoms with Crippen LogP contribution in [0, 0.1) is 5.92 Å². The van der Waals surface area contributed by atoms with Crippen molar-refractivity contribution in [3.63, 3.8) is 0 Å². The predicted octanol–water partition coefficient (Wildman–Crippen LogP) is 4.20. The van der Waals surface area contributed by atoms with Crippen LogP contribution in [0.3, 0.4) is 0 Å². The molecule has 1 amide bonds. The molecule has 0 aliphatic rings. The lowest BCUT2D eigenvalue weighted by Gasteiger charge is -2.17. The average molecular weight is 333 g/mol. The van der Waals surface area contributed by atoms with Crippen LogP contribution in [0.5, 0.6) is 0 Å². The Morgan fingerprint density at radius 2 is 2.04 bits per heavy atom. The van der Waals surface area contributed by atoms with Crippen molar-refractivity contribution in [1.82, 2.24) is 5.32 Å². The maximum atomic E-state index is 12.4. The van der Waals surface area contributed by atoms with E-state index < -0.39 is 29.6 Å². The Labute approximate surface area is 133 Å². The molecule has 0 aromatic carbocycles. The predicted molar refractivity (Wildman–Crippen MR) is 79.0 cm³/mol. The number of halogens is 3. The Hall–Kier alpha value is -1.79. The number of aldehydes is 1. The molecule has 1 aromatic rings. The topological polar surface area (TPSA) is 59.3 Å². The maximum Gasteiger partial charge on any atom is 0.449 e. The summed E-state index contributed by atoms with van der Waals surface area (Å²) in [5.74, 6) is -2.28. The van der Waals surface area contributed by atoms with Gasteiger partial charge in [0.2, 0.25) is 5.76 Å². The van der Waals surface area contributed by atoms with Crippen LogP contribution in [0.2, 0.25) is 0 Å². The van der Waals surface area contributed by atoms with Gasteiger partial charge in [0.25, 0.3) is 5.91 Å². The van der Waals surface area contributed by atoms with Crippen molar-refractivity contribution in [2.75, 3.05) is 0 Å². The second-order valence-electron chi connectivity index (χ2n) is 5.71. The minimum absolute atomic E-state index is 0.236. The van der Waals surface area contributed by atoms with Crippen LogP contribution in [-0.2, 0) is 11.0 Å². The van der Waals surface area contributed by atoms with Crippen molar-refractivity contribution >= 4 is 12.2 Å². The number of nitrogens with one attached hydrogen (secondary N) is 1. The molecule has 1 rings (SSSR count). The SMILES string of the molecule is CCCCCC(C)CC(C=O)NC(=O)c1ccc(C(F)(F)F)o1. The number of amides is 1. The summed E-state index contributed by atoms with van der Waals surface area (Å²) in [4.78, 5) is 22.9. The van der Waals surface area contributed by atoms with Gasteiger partial charge in [0, 0.05) is 0 Å². The first kappa shape index (κ1) is 19.3. The number of hydrogen-bond acceptors (Lipinski definition) is 3. The third-order valence-electron chi connectivity index (χ3n) is 3.55. The van der Waals surface area contributed by atoms with E-state index in [0.29, 0.717) is 18.8 Å². The lowest BCUT2D eigenvalue weighted by atomic mass is 9.96. The van der Waals surface area contributed by atoms with Gasteiger partial charge in [0.1, 0.15) is 6.29 Å². The van der Waals surface area contributed by atoms with Gasteiger partial charge in [-0.3, -0.25) is 4.79 Å². The summed E-state index contributed by atoms with van der Waals surface area (Å²) >= 11 is 0. The third-order valence-corrected chi connectivity index (χ3v) is 3.55. The minimum Gasteiger partial charge on any atom is -0.446 e. The zero-order chi connectivity index (χ0) is 17.5. The maximum absolute atomic E-state index is 12.4. The van der Waals surface area contributed by atoms with E-state index in [2.05, 4.69) is 16.7 Å². The fourth-order valence-electron chi connectivity index (χ4n) is 2.29. The highest BCUT2D eigenvalue weighted by molar-refractivity contribution is 5.93. The molecule has 130 valence electrons. The Balaban J connectivity index is 2.56. The summed E-state index contributed by atoms with van der Waals surface area (Å²) in [6, 6.07) is 0.904. The van der Waals surface area contributed by atoms with Gasteiger partial charge in [0.05, 0.1) is 6.04 Å². The molecule has 0 saturated heterocycles. The van der Waals surface area contributed by atoms with E-state index in [0.717, 1.165) is 31.7 Å². The summed E-state index contributed by atoms with van der Waals surface area (Å²) in [5, 5.41) is 2.40. The Morgan fingerprint density at radius 1 is 1.35 bits per heavy atom. The first-order valence-corrected chi connectivity index (χ1v) is 7.71. The molecule has 0 spiro atoms. The molecular weight excluding hydrogens is 311 g/mol. The van der Waals surface area contributed by atoms with E-state index >= 15 is 0 Å². The van der Waals surface area contributed by atoms with Gasteiger partial charge in [-0.2, -0.15) is 13.2 Å². The second kappa shape index (κ2) is 8.74. The molecule has 4 nitrogen and oxygen atoms in total. The fraction of sp³-hybridized carbons (Fsp3) is 0.625. The molecule has 23 heavy (non-hydrogen) atoms. The van der Waals surface area contributed by atoms with Crippen molar-refractivity contribution in [2.24, 2.45) is 5.92 Å². The molecule has 2 atom stereocenters. The monoisotopic (exact) mass is 333 g/mol. The number of alkyl halides is 3. The summed E-state index contributed by atoms with van der Waals surface area (Å²) < 4.78 is 41.8. The largest absolute Gasteiger partial charge is 0.449 e. The summed E-state index contributed by atoms with van der Waals surface area (Å²) in [6.07, 6.45) is 0.594. The lowest BCUT2D eigenvalue weighted by Crippen LogP contribution is -2.37. The molecule has 7 heteroatoms. The van der Waals surface area contributed by atoms with Crippen LogP contribution in [-0.4, -0.2) is 18.2 Å². The van der Waals surface area contributed by atoms with Gasteiger partial charge < -0.3 is 14.5 Å². The van der Waals surface area contributed by atoms with Crippen molar-refractivity contribution in [3.8, 4) is 0 Å². The molecule has 1 aromatic heterocycles. The summed E-state index contributed by atoms with van der Waals surface area (Å²) in [7, 11) is 0. The van der Waals surface area contributed by atoms with E-state index in [9.17, 15) is 22.8 Å². The van der Waals surface area contributed by atoms with Crippen LogP contribution in [0.4, 0.5) is 13.2 Å². The molecular formula is C16H22F3NO3. The highest BCUT2D eigenvalue weighted by Crippen LogP contribution is 2.30. The van der Waals surface area contributed by atoms with Gasteiger partial charge in [0.15, 0.2) is 5.76 Å². The first-order chi connectivity index (χ1) is 10.8. The van der Waals surface area contributed by atoms with Gasteiger partial charge in [-0.05, 0) is 24.5 Å². The van der Waals surface area contributed by atoms with Crippen molar-refractivity contribution in [1.29, 1.82) is 0 Å². The van der Waals surface area contributed by atoms with Gasteiger partial charge in [-0.15, -0.1) is 0 Å². The van der Waals surface area contributed by atoms with Gasteiger partial charge in [-0.1, -0.05) is 39.5 Å². The van der Waals surface area contributed by atoms with Gasteiger partial charge in [-0.25, -0.2) is 0 Å². The normalized spacial score (nSPS) is 14.3. The highest BCUT2D eigenvalue weighted by atomic mass is 19.4. The van der Waals surface area contributed by atoms with Crippen LogP contribution in [0.15, 0.2) is 16.5 Å². The van der Waals surface area contributed by atoms with Crippen molar-refractivity contribution in [2.45, 2.75) is 58.2 Å². The molecule has 1 heterocycles. The zero-order valence-corrected chi connectivity index (χ0v) is 13.3. The number of furan rings is 1. The van der Waals surface area contributed by atoms with Crippen LogP contribution < -0.4 is 5.32 Å². The summed E-state index contributed by atoms with van der Waals surface area (Å²) in [5.41, 5.74) is 0.